The van der Waals surface area contributed by atoms with Gasteiger partial charge in [0, 0.05) is 10.8 Å². The van der Waals surface area contributed by atoms with Crippen molar-refractivity contribution in [1.29, 1.82) is 0 Å². The molecule has 0 saturated heterocycles. The highest BCUT2D eigenvalue weighted by Gasteiger charge is 2.25. The summed E-state index contributed by atoms with van der Waals surface area (Å²) in [5, 5.41) is 13.9. The molecule has 0 aliphatic carbocycles. The maximum atomic E-state index is 10.7. The molecule has 0 bridgehead atoms. The minimum absolute atomic E-state index is 0.204. The molecule has 0 saturated carbocycles. The van der Waals surface area contributed by atoms with E-state index in [-0.39, 0.29) is 16.1 Å². The molecular weight excluding hydrogens is 334 g/mol. The number of carbonyl (C=O) groups is 1. The molecule has 19 heavy (non-hydrogen) atoms. The van der Waals surface area contributed by atoms with Gasteiger partial charge in [-0.1, -0.05) is 32.4 Å². The zero-order valence-electron chi connectivity index (χ0n) is 10.6. The van der Waals surface area contributed by atoms with Crippen LogP contribution in [0.5, 0.6) is 0 Å². The van der Waals surface area contributed by atoms with Crippen LogP contribution in [-0.4, -0.2) is 6.09 Å². The third-order valence-corrected chi connectivity index (χ3v) is 3.76. The first kappa shape index (κ1) is 14.2. The van der Waals surface area contributed by atoms with Crippen LogP contribution in [0.2, 0.25) is 5.02 Å². The van der Waals surface area contributed by atoms with Crippen LogP contribution >= 0.6 is 27.5 Å². The van der Waals surface area contributed by atoms with E-state index in [1.807, 2.05) is 20.8 Å². The molecule has 0 fully saturated rings. The Morgan fingerprint density at radius 3 is 2.58 bits per heavy atom. The van der Waals surface area contributed by atoms with Gasteiger partial charge in [0.2, 0.25) is 0 Å². The molecule has 0 radical (unpaired) electrons. The van der Waals surface area contributed by atoms with Gasteiger partial charge in [0.1, 0.15) is 17.5 Å². The van der Waals surface area contributed by atoms with Crippen LogP contribution in [-0.2, 0) is 5.41 Å². The molecule has 6 heteroatoms. The molecule has 1 heterocycles. The topological polar surface area (TPSA) is 65.3 Å². The van der Waals surface area contributed by atoms with E-state index in [9.17, 15) is 9.90 Å². The second kappa shape index (κ2) is 4.72. The van der Waals surface area contributed by atoms with Crippen LogP contribution in [0.3, 0.4) is 0 Å². The number of rotatable bonds is 1. The summed E-state index contributed by atoms with van der Waals surface area (Å²) in [6.07, 6.45) is -1.43. The molecule has 0 atom stereocenters. The molecule has 0 unspecified atom stereocenters. The lowest BCUT2D eigenvalue weighted by Gasteiger charge is -2.15. The molecule has 0 spiro atoms. The van der Waals surface area contributed by atoms with Crippen LogP contribution < -0.4 is 10.4 Å². The molecule has 102 valence electrons. The fraction of sp³-hybridized carbons (Fsp3) is 0.308. The number of carboxylic acid groups (broad SMARTS) is 1. The highest BCUT2D eigenvalue weighted by Crippen LogP contribution is 2.42. The summed E-state index contributed by atoms with van der Waals surface area (Å²) >= 11 is 9.48. The second-order valence-electron chi connectivity index (χ2n) is 5.21. The van der Waals surface area contributed by atoms with Crippen molar-refractivity contribution < 1.29 is 14.3 Å². The average Bonchev–Trinajstić information content (AvgIpc) is 2.60. The van der Waals surface area contributed by atoms with Crippen LogP contribution in [0.15, 0.2) is 21.0 Å². The van der Waals surface area contributed by atoms with Gasteiger partial charge in [-0.15, -0.1) is 0 Å². The van der Waals surface area contributed by atoms with Crippen molar-refractivity contribution in [3.63, 3.8) is 0 Å². The van der Waals surface area contributed by atoms with Gasteiger partial charge < -0.3 is 19.6 Å². The predicted molar refractivity (Wildman–Crippen MR) is 76.6 cm³/mol. The minimum Gasteiger partial charge on any atom is -0.530 e. The number of furan rings is 1. The molecule has 1 aromatic carbocycles. The predicted octanol–water partition coefficient (Wildman–Crippen LogP) is 3.90. The first-order valence-corrected chi connectivity index (χ1v) is 6.78. The van der Waals surface area contributed by atoms with Crippen molar-refractivity contribution in [1.82, 2.24) is 0 Å². The zero-order valence-corrected chi connectivity index (χ0v) is 13.0. The van der Waals surface area contributed by atoms with Gasteiger partial charge in [-0.3, -0.25) is 0 Å². The van der Waals surface area contributed by atoms with Gasteiger partial charge in [-0.2, -0.15) is 0 Å². The monoisotopic (exact) mass is 344 g/mol. The van der Waals surface area contributed by atoms with Crippen molar-refractivity contribution in [3.05, 3.63) is 27.4 Å². The van der Waals surface area contributed by atoms with E-state index in [4.69, 9.17) is 16.0 Å². The summed E-state index contributed by atoms with van der Waals surface area (Å²) in [5.74, 6) is 0.728. The summed E-state index contributed by atoms with van der Waals surface area (Å²) in [6, 6.07) is 3.39. The number of halogens is 2. The second-order valence-corrected chi connectivity index (χ2v) is 6.41. The maximum Gasteiger partial charge on any atom is 0.160 e. The zero-order chi connectivity index (χ0) is 14.4. The number of amides is 1. The molecular formula is C13H12BrClNO3-. The molecule has 1 amide bonds. The van der Waals surface area contributed by atoms with Gasteiger partial charge in [0.25, 0.3) is 0 Å². The van der Waals surface area contributed by atoms with E-state index in [0.29, 0.717) is 5.58 Å². The minimum atomic E-state index is -1.43. The lowest BCUT2D eigenvalue weighted by molar-refractivity contribution is -0.242. The van der Waals surface area contributed by atoms with E-state index < -0.39 is 6.09 Å². The van der Waals surface area contributed by atoms with E-state index in [0.717, 1.165) is 15.6 Å². The fourth-order valence-corrected chi connectivity index (χ4v) is 2.99. The molecule has 1 aromatic heterocycles. The molecule has 4 nitrogen and oxygen atoms in total. The molecule has 2 aromatic rings. The van der Waals surface area contributed by atoms with E-state index in [2.05, 4.69) is 21.2 Å². The first-order chi connectivity index (χ1) is 8.71. The van der Waals surface area contributed by atoms with Crippen LogP contribution in [0.4, 0.5) is 10.5 Å². The van der Waals surface area contributed by atoms with E-state index in [1.54, 1.807) is 12.1 Å². The summed E-state index contributed by atoms with van der Waals surface area (Å²) in [4.78, 5) is 10.7. The highest BCUT2D eigenvalue weighted by atomic mass is 79.9. The van der Waals surface area contributed by atoms with E-state index in [1.165, 1.54) is 0 Å². The van der Waals surface area contributed by atoms with Gasteiger partial charge in [0.15, 0.2) is 5.58 Å². The van der Waals surface area contributed by atoms with Crippen molar-refractivity contribution in [3.8, 4) is 0 Å². The standard InChI is InChI=1S/C13H13BrClNO3/c1-13(2,3)11-8(14)6-4-5-7(15)9(10(6)19-11)16-12(17)18/h4-5,16H,1-3H3,(H,17,18)/p-1. The number of hydrogen-bond acceptors (Lipinski definition) is 3. The van der Waals surface area contributed by atoms with Crippen molar-refractivity contribution in [2.75, 3.05) is 5.32 Å². The van der Waals surface area contributed by atoms with Crippen molar-refractivity contribution >= 4 is 50.3 Å². The Morgan fingerprint density at radius 2 is 2.05 bits per heavy atom. The van der Waals surface area contributed by atoms with Gasteiger partial charge in [-0.25, -0.2) is 0 Å². The number of nitrogens with one attached hydrogen (secondary N) is 1. The van der Waals surface area contributed by atoms with Crippen LogP contribution in [0.1, 0.15) is 26.5 Å². The quantitative estimate of drug-likeness (QED) is 0.852. The largest absolute Gasteiger partial charge is 0.530 e. The maximum absolute atomic E-state index is 10.7. The molecule has 1 N–H and O–H groups in total. The van der Waals surface area contributed by atoms with Gasteiger partial charge in [-0.05, 0) is 28.1 Å². The number of fused-ring (bicyclic) bond motifs is 1. The third kappa shape index (κ3) is 2.58. The summed E-state index contributed by atoms with van der Waals surface area (Å²) in [6.45, 7) is 6.01. The summed E-state index contributed by atoms with van der Waals surface area (Å²) in [5.41, 5.74) is 0.382. The Labute approximate surface area is 123 Å². The Hall–Kier alpha value is -1.20. The summed E-state index contributed by atoms with van der Waals surface area (Å²) < 4.78 is 6.59. The van der Waals surface area contributed by atoms with Crippen LogP contribution in [0.25, 0.3) is 11.0 Å². The van der Waals surface area contributed by atoms with Crippen molar-refractivity contribution in [2.45, 2.75) is 26.2 Å². The first-order valence-electron chi connectivity index (χ1n) is 5.61. The normalized spacial score (nSPS) is 11.8. The van der Waals surface area contributed by atoms with Gasteiger partial charge >= 0.3 is 0 Å². The smallest absolute Gasteiger partial charge is 0.160 e. The third-order valence-electron chi connectivity index (χ3n) is 2.66. The number of benzene rings is 1. The molecule has 0 aliphatic rings. The Morgan fingerprint density at radius 1 is 1.42 bits per heavy atom. The Bertz CT molecular complexity index is 658. The SMILES string of the molecule is CC(C)(C)c1oc2c(NC(=O)[O-])c(Cl)ccc2c1Br. The number of anilines is 1. The van der Waals surface area contributed by atoms with E-state index >= 15 is 0 Å². The highest BCUT2D eigenvalue weighted by molar-refractivity contribution is 9.10. The van der Waals surface area contributed by atoms with Crippen LogP contribution in [0, 0.1) is 0 Å². The number of hydrogen-bond donors (Lipinski definition) is 1. The lowest BCUT2D eigenvalue weighted by atomic mass is 9.93. The lowest BCUT2D eigenvalue weighted by Crippen LogP contribution is -2.28. The fourth-order valence-electron chi connectivity index (χ4n) is 1.81. The van der Waals surface area contributed by atoms with Gasteiger partial charge in [0.05, 0.1) is 9.50 Å². The number of carbonyl (C=O) groups excluding carboxylic acids is 1. The van der Waals surface area contributed by atoms with Crippen molar-refractivity contribution in [2.24, 2.45) is 0 Å². The Balaban J connectivity index is 2.76. The molecule has 0 aliphatic heterocycles. The summed E-state index contributed by atoms with van der Waals surface area (Å²) in [7, 11) is 0. The Kier molecular flexibility index (Phi) is 3.53. The average molecular weight is 346 g/mol. The molecule has 2 rings (SSSR count).